The van der Waals surface area contributed by atoms with Gasteiger partial charge in [-0.05, 0) is 12.1 Å². The minimum Gasteiger partial charge on any atom is -0.368 e. The fraction of sp³-hybridized carbons (Fsp3) is 0.235. The first-order valence-corrected chi connectivity index (χ1v) is 7.72. The predicted molar refractivity (Wildman–Crippen MR) is 86.2 cm³/mol. The van der Waals surface area contributed by atoms with Crippen molar-refractivity contribution in [3.63, 3.8) is 0 Å². The predicted octanol–water partition coefficient (Wildman–Crippen LogP) is 2.41. The second-order valence-corrected chi connectivity index (χ2v) is 5.82. The Hall–Kier alpha value is -2.80. The van der Waals surface area contributed by atoms with Crippen LogP contribution in [0.25, 0.3) is 11.3 Å². The molecule has 6 nitrogen and oxygen atoms in total. The molecule has 0 fully saturated rings. The van der Waals surface area contributed by atoms with Gasteiger partial charge in [-0.2, -0.15) is 0 Å². The van der Waals surface area contributed by atoms with Crippen molar-refractivity contribution >= 4 is 5.95 Å². The lowest BCUT2D eigenvalue weighted by molar-refractivity contribution is 0.213. The number of benzene rings is 1. The van der Waals surface area contributed by atoms with Gasteiger partial charge in [0.25, 0.3) is 0 Å². The molecule has 1 aliphatic rings. The molecule has 0 aliphatic carbocycles. The van der Waals surface area contributed by atoms with E-state index in [-0.39, 0.29) is 5.82 Å². The summed E-state index contributed by atoms with van der Waals surface area (Å²) < 4.78 is 19.2. The van der Waals surface area contributed by atoms with Gasteiger partial charge in [0.05, 0.1) is 12.2 Å². The van der Waals surface area contributed by atoms with Gasteiger partial charge in [-0.3, -0.25) is 4.90 Å². The molecule has 0 bridgehead atoms. The van der Waals surface area contributed by atoms with Crippen LogP contribution in [-0.2, 0) is 19.5 Å². The summed E-state index contributed by atoms with van der Waals surface area (Å²) in [6.07, 6.45) is 2.59. The van der Waals surface area contributed by atoms with Gasteiger partial charge in [0.2, 0.25) is 5.95 Å². The average Bonchev–Trinajstić information content (AvgIpc) is 3.04. The number of aromatic nitrogens is 3. The third kappa shape index (κ3) is 2.85. The summed E-state index contributed by atoms with van der Waals surface area (Å²) in [7, 11) is 0. The van der Waals surface area contributed by atoms with Crippen molar-refractivity contribution in [1.82, 2.24) is 20.0 Å². The maximum atomic E-state index is 13.8. The Bertz CT molecular complexity index is 879. The van der Waals surface area contributed by atoms with E-state index in [9.17, 15) is 4.39 Å². The second-order valence-electron chi connectivity index (χ2n) is 5.82. The molecular weight excluding hydrogens is 309 g/mol. The molecule has 0 saturated carbocycles. The van der Waals surface area contributed by atoms with Crippen LogP contribution >= 0.6 is 0 Å². The van der Waals surface area contributed by atoms with Gasteiger partial charge in [0.15, 0.2) is 5.76 Å². The Morgan fingerprint density at radius 1 is 1.29 bits per heavy atom. The minimum absolute atomic E-state index is 0.306. The number of nitrogen functional groups attached to an aromatic ring is 1. The van der Waals surface area contributed by atoms with Gasteiger partial charge in [0.1, 0.15) is 11.5 Å². The largest absolute Gasteiger partial charge is 0.368 e. The number of nitrogens with two attached hydrogens (primary N) is 1. The molecule has 3 aromatic rings. The Morgan fingerprint density at radius 2 is 2.17 bits per heavy atom. The van der Waals surface area contributed by atoms with Crippen LogP contribution in [0, 0.1) is 5.82 Å². The summed E-state index contributed by atoms with van der Waals surface area (Å²) >= 11 is 0. The van der Waals surface area contributed by atoms with Crippen LogP contribution in [0.15, 0.2) is 41.1 Å². The lowest BCUT2D eigenvalue weighted by Gasteiger charge is -2.26. The lowest BCUT2D eigenvalue weighted by Crippen LogP contribution is -2.30. The quantitative estimate of drug-likeness (QED) is 0.796. The normalized spacial score (nSPS) is 14.5. The van der Waals surface area contributed by atoms with Crippen LogP contribution < -0.4 is 5.73 Å². The molecule has 2 aromatic heterocycles. The third-order valence-corrected chi connectivity index (χ3v) is 4.12. The highest BCUT2D eigenvalue weighted by Gasteiger charge is 2.20. The molecule has 0 unspecified atom stereocenters. The Labute approximate surface area is 138 Å². The monoisotopic (exact) mass is 325 g/mol. The average molecular weight is 325 g/mol. The van der Waals surface area contributed by atoms with E-state index in [0.29, 0.717) is 29.5 Å². The van der Waals surface area contributed by atoms with E-state index in [4.69, 9.17) is 10.3 Å². The van der Waals surface area contributed by atoms with Gasteiger partial charge in [-0.25, -0.2) is 14.4 Å². The molecule has 3 heterocycles. The molecule has 0 amide bonds. The van der Waals surface area contributed by atoms with E-state index in [2.05, 4.69) is 20.0 Å². The van der Waals surface area contributed by atoms with Crippen molar-refractivity contribution in [3.8, 4) is 11.3 Å². The summed E-state index contributed by atoms with van der Waals surface area (Å²) in [5.74, 6) is 0.707. The van der Waals surface area contributed by atoms with Gasteiger partial charge >= 0.3 is 0 Å². The fourth-order valence-corrected chi connectivity index (χ4v) is 2.93. The van der Waals surface area contributed by atoms with Crippen molar-refractivity contribution < 1.29 is 8.91 Å². The van der Waals surface area contributed by atoms with Gasteiger partial charge < -0.3 is 10.3 Å². The molecule has 0 spiro atoms. The summed E-state index contributed by atoms with van der Waals surface area (Å²) in [4.78, 5) is 10.5. The van der Waals surface area contributed by atoms with Crippen LogP contribution in [0.4, 0.5) is 10.3 Å². The number of hydrogen-bond donors (Lipinski definition) is 1. The number of hydrogen-bond acceptors (Lipinski definition) is 6. The zero-order valence-electron chi connectivity index (χ0n) is 12.9. The van der Waals surface area contributed by atoms with E-state index >= 15 is 0 Å². The molecular formula is C17H16FN5O. The van der Waals surface area contributed by atoms with Gasteiger partial charge in [-0.1, -0.05) is 17.3 Å². The molecule has 24 heavy (non-hydrogen) atoms. The van der Waals surface area contributed by atoms with Crippen molar-refractivity contribution in [3.05, 3.63) is 59.4 Å². The van der Waals surface area contributed by atoms with E-state index in [1.54, 1.807) is 30.5 Å². The second kappa shape index (κ2) is 6.01. The fourth-order valence-electron chi connectivity index (χ4n) is 2.93. The van der Waals surface area contributed by atoms with Crippen LogP contribution in [0.2, 0.25) is 0 Å². The van der Waals surface area contributed by atoms with Crippen molar-refractivity contribution in [2.24, 2.45) is 0 Å². The first-order valence-electron chi connectivity index (χ1n) is 7.72. The molecule has 4 rings (SSSR count). The first kappa shape index (κ1) is 14.8. The number of fused-ring (bicyclic) bond motifs is 1. The maximum absolute atomic E-state index is 13.8. The van der Waals surface area contributed by atoms with E-state index in [1.165, 1.54) is 6.07 Å². The van der Waals surface area contributed by atoms with Gasteiger partial charge in [-0.15, -0.1) is 0 Å². The zero-order chi connectivity index (χ0) is 16.5. The van der Waals surface area contributed by atoms with Crippen LogP contribution in [0.3, 0.4) is 0 Å². The molecule has 0 radical (unpaired) electrons. The molecule has 0 atom stereocenters. The number of halogens is 1. The highest BCUT2D eigenvalue weighted by molar-refractivity contribution is 5.59. The maximum Gasteiger partial charge on any atom is 0.220 e. The minimum atomic E-state index is -0.306. The number of anilines is 1. The van der Waals surface area contributed by atoms with Crippen molar-refractivity contribution in [2.45, 2.75) is 19.5 Å². The molecule has 2 N–H and O–H groups in total. The Balaban J connectivity index is 1.49. The topological polar surface area (TPSA) is 81.1 Å². The molecule has 122 valence electrons. The summed E-state index contributed by atoms with van der Waals surface area (Å²) in [6.45, 7) is 2.18. The summed E-state index contributed by atoms with van der Waals surface area (Å²) in [5, 5.41) is 3.99. The van der Waals surface area contributed by atoms with Crippen LogP contribution in [0.1, 0.15) is 17.0 Å². The number of rotatable bonds is 3. The van der Waals surface area contributed by atoms with Crippen molar-refractivity contribution in [1.29, 1.82) is 0 Å². The smallest absolute Gasteiger partial charge is 0.220 e. The first-order chi connectivity index (χ1) is 11.7. The Kier molecular flexibility index (Phi) is 3.70. The van der Waals surface area contributed by atoms with E-state index in [0.717, 1.165) is 30.8 Å². The van der Waals surface area contributed by atoms with Crippen LogP contribution in [0.5, 0.6) is 0 Å². The zero-order valence-corrected chi connectivity index (χ0v) is 12.9. The standard InChI is InChI=1S/C17H16FN5O/c18-14-4-2-1-3-13(14)16-7-12(24-22-16)10-23-6-5-15-11(9-23)8-20-17(19)21-15/h1-4,7-8H,5-6,9-10H2,(H2,19,20,21). The van der Waals surface area contributed by atoms with E-state index in [1.807, 2.05) is 0 Å². The van der Waals surface area contributed by atoms with Crippen molar-refractivity contribution in [2.75, 3.05) is 12.3 Å². The number of nitrogens with zero attached hydrogens (tertiary/aromatic N) is 4. The van der Waals surface area contributed by atoms with Gasteiger partial charge in [0, 0.05) is 42.9 Å². The third-order valence-electron chi connectivity index (χ3n) is 4.12. The molecule has 0 saturated heterocycles. The molecule has 1 aromatic carbocycles. The lowest BCUT2D eigenvalue weighted by atomic mass is 10.1. The molecule has 1 aliphatic heterocycles. The SMILES string of the molecule is Nc1ncc2c(n1)CCN(Cc1cc(-c3ccccc3F)no1)C2. The highest BCUT2D eigenvalue weighted by atomic mass is 19.1. The van der Waals surface area contributed by atoms with Crippen LogP contribution in [-0.4, -0.2) is 26.6 Å². The summed E-state index contributed by atoms with van der Waals surface area (Å²) in [5.41, 5.74) is 8.65. The molecule has 7 heteroatoms. The summed E-state index contributed by atoms with van der Waals surface area (Å²) in [6, 6.07) is 8.32. The highest BCUT2D eigenvalue weighted by Crippen LogP contribution is 2.24. The van der Waals surface area contributed by atoms with E-state index < -0.39 is 0 Å². The Morgan fingerprint density at radius 3 is 3.04 bits per heavy atom.